The van der Waals surface area contributed by atoms with E-state index in [4.69, 9.17) is 24.1 Å². The van der Waals surface area contributed by atoms with Gasteiger partial charge in [0, 0.05) is 6.61 Å². The Morgan fingerprint density at radius 3 is 1.95 bits per heavy atom. The first-order valence-corrected chi connectivity index (χ1v) is 7.91. The van der Waals surface area contributed by atoms with E-state index in [1.807, 2.05) is 6.92 Å². The summed E-state index contributed by atoms with van der Waals surface area (Å²) in [5.74, 6) is 0. The third-order valence-electron chi connectivity index (χ3n) is 2.82. The molecule has 0 heterocycles. The molecule has 0 radical (unpaired) electrons. The number of hydrogen-bond acceptors (Lipinski definition) is 6. The van der Waals surface area contributed by atoms with E-state index in [0.717, 1.165) is 19.4 Å². The Kier molecular flexibility index (Phi) is 15.8. The van der Waals surface area contributed by atoms with Crippen LogP contribution < -0.4 is 0 Å². The summed E-state index contributed by atoms with van der Waals surface area (Å²) in [6, 6.07) is 0. The standard InChI is InChI=1S/C15H30O7/c1-3-5-6-18-7-8-19-9-10-20-11-12-21-14(4-2)13-22-15(16)17/h14H,3-13H2,1-2H3,(H,16,17). The second-order valence-electron chi connectivity index (χ2n) is 4.67. The predicted octanol–water partition coefficient (Wildman–Crippen LogP) is 2.33. The SMILES string of the molecule is CCCCOCCOCCOCCOC(CC)COC(=O)O. The molecule has 0 spiro atoms. The van der Waals surface area contributed by atoms with E-state index in [-0.39, 0.29) is 12.7 Å². The Bertz CT molecular complexity index is 248. The Hall–Kier alpha value is -0.890. The summed E-state index contributed by atoms with van der Waals surface area (Å²) >= 11 is 0. The number of rotatable bonds is 16. The van der Waals surface area contributed by atoms with Crippen LogP contribution in [0.25, 0.3) is 0 Å². The van der Waals surface area contributed by atoms with Crippen molar-refractivity contribution in [2.24, 2.45) is 0 Å². The highest BCUT2D eigenvalue weighted by Crippen LogP contribution is 1.99. The summed E-state index contributed by atoms with van der Waals surface area (Å²) in [6.45, 7) is 7.94. The normalized spacial score (nSPS) is 12.3. The zero-order chi connectivity index (χ0) is 16.5. The maximum absolute atomic E-state index is 10.3. The lowest BCUT2D eigenvalue weighted by atomic mass is 10.3. The van der Waals surface area contributed by atoms with Gasteiger partial charge >= 0.3 is 6.16 Å². The topological polar surface area (TPSA) is 83.5 Å². The van der Waals surface area contributed by atoms with E-state index in [0.29, 0.717) is 46.1 Å². The molecule has 0 rings (SSSR count). The Morgan fingerprint density at radius 1 is 0.909 bits per heavy atom. The molecule has 0 bridgehead atoms. The highest BCUT2D eigenvalue weighted by molar-refractivity contribution is 5.56. The molecule has 1 N–H and O–H groups in total. The van der Waals surface area contributed by atoms with Crippen molar-refractivity contribution in [2.45, 2.75) is 39.2 Å². The summed E-state index contributed by atoms with van der Waals surface area (Å²) in [4.78, 5) is 10.3. The lowest BCUT2D eigenvalue weighted by molar-refractivity contribution is -0.0403. The third kappa shape index (κ3) is 15.5. The molecule has 7 heteroatoms. The first-order chi connectivity index (χ1) is 10.7. The molecule has 0 saturated heterocycles. The van der Waals surface area contributed by atoms with Crippen LogP contribution in [0.5, 0.6) is 0 Å². The van der Waals surface area contributed by atoms with Gasteiger partial charge in [-0.05, 0) is 12.8 Å². The molecule has 1 unspecified atom stereocenters. The van der Waals surface area contributed by atoms with Gasteiger partial charge in [-0.15, -0.1) is 0 Å². The molecule has 0 aliphatic rings. The fourth-order valence-corrected chi connectivity index (χ4v) is 1.51. The molecule has 0 fully saturated rings. The highest BCUT2D eigenvalue weighted by atomic mass is 16.7. The van der Waals surface area contributed by atoms with Gasteiger partial charge in [0.1, 0.15) is 6.61 Å². The molecule has 0 aromatic heterocycles. The van der Waals surface area contributed by atoms with E-state index in [9.17, 15) is 4.79 Å². The molecule has 0 amide bonds. The fourth-order valence-electron chi connectivity index (χ4n) is 1.51. The van der Waals surface area contributed by atoms with Crippen molar-refractivity contribution in [1.29, 1.82) is 0 Å². The van der Waals surface area contributed by atoms with Gasteiger partial charge in [0.05, 0.1) is 45.7 Å². The average molecular weight is 322 g/mol. The predicted molar refractivity (Wildman–Crippen MR) is 81.4 cm³/mol. The van der Waals surface area contributed by atoms with Gasteiger partial charge in [-0.2, -0.15) is 0 Å². The Morgan fingerprint density at radius 2 is 1.45 bits per heavy atom. The van der Waals surface area contributed by atoms with Gasteiger partial charge < -0.3 is 28.8 Å². The van der Waals surface area contributed by atoms with Crippen LogP contribution in [0, 0.1) is 0 Å². The molecule has 22 heavy (non-hydrogen) atoms. The number of unbranched alkanes of at least 4 members (excludes halogenated alkanes) is 1. The lowest BCUT2D eigenvalue weighted by Gasteiger charge is -2.15. The van der Waals surface area contributed by atoms with Gasteiger partial charge in [-0.1, -0.05) is 20.3 Å². The molecule has 132 valence electrons. The monoisotopic (exact) mass is 322 g/mol. The van der Waals surface area contributed by atoms with Crippen LogP contribution in [0.2, 0.25) is 0 Å². The molecule has 7 nitrogen and oxygen atoms in total. The summed E-state index contributed by atoms with van der Waals surface area (Å²) in [7, 11) is 0. The van der Waals surface area contributed by atoms with Crippen molar-refractivity contribution in [3.63, 3.8) is 0 Å². The first kappa shape index (κ1) is 21.1. The smallest absolute Gasteiger partial charge is 0.450 e. The van der Waals surface area contributed by atoms with E-state index in [2.05, 4.69) is 11.7 Å². The van der Waals surface area contributed by atoms with Crippen LogP contribution in [0.1, 0.15) is 33.1 Å². The molecular formula is C15H30O7. The van der Waals surface area contributed by atoms with Crippen LogP contribution >= 0.6 is 0 Å². The van der Waals surface area contributed by atoms with E-state index >= 15 is 0 Å². The van der Waals surface area contributed by atoms with Crippen LogP contribution in [0.4, 0.5) is 4.79 Å². The van der Waals surface area contributed by atoms with Gasteiger partial charge in [0.2, 0.25) is 0 Å². The molecule has 1 atom stereocenters. The second-order valence-corrected chi connectivity index (χ2v) is 4.67. The largest absolute Gasteiger partial charge is 0.505 e. The molecule has 0 aromatic carbocycles. The zero-order valence-corrected chi connectivity index (χ0v) is 13.8. The van der Waals surface area contributed by atoms with Crippen molar-refractivity contribution in [1.82, 2.24) is 0 Å². The first-order valence-electron chi connectivity index (χ1n) is 7.91. The maximum Gasteiger partial charge on any atom is 0.505 e. The summed E-state index contributed by atoms with van der Waals surface area (Å²) in [6.07, 6.45) is 1.40. The minimum Gasteiger partial charge on any atom is -0.450 e. The van der Waals surface area contributed by atoms with Crippen LogP contribution in [0.3, 0.4) is 0 Å². The fraction of sp³-hybridized carbons (Fsp3) is 0.933. The van der Waals surface area contributed by atoms with Gasteiger partial charge in [-0.25, -0.2) is 4.79 Å². The van der Waals surface area contributed by atoms with Gasteiger partial charge in [0.25, 0.3) is 0 Å². The Balaban J connectivity index is 3.23. The third-order valence-corrected chi connectivity index (χ3v) is 2.82. The maximum atomic E-state index is 10.3. The molecule has 0 aromatic rings. The van der Waals surface area contributed by atoms with Gasteiger partial charge in [-0.3, -0.25) is 0 Å². The van der Waals surface area contributed by atoms with Crippen molar-refractivity contribution in [3.05, 3.63) is 0 Å². The van der Waals surface area contributed by atoms with Crippen LogP contribution in [-0.2, 0) is 23.7 Å². The van der Waals surface area contributed by atoms with E-state index in [1.54, 1.807) is 0 Å². The molecular weight excluding hydrogens is 292 g/mol. The second kappa shape index (κ2) is 16.5. The highest BCUT2D eigenvalue weighted by Gasteiger charge is 2.09. The van der Waals surface area contributed by atoms with Crippen molar-refractivity contribution >= 4 is 6.16 Å². The van der Waals surface area contributed by atoms with Crippen molar-refractivity contribution in [3.8, 4) is 0 Å². The Labute approximate surface area is 132 Å². The van der Waals surface area contributed by atoms with Gasteiger partial charge in [0.15, 0.2) is 0 Å². The van der Waals surface area contributed by atoms with E-state index < -0.39 is 6.16 Å². The minimum absolute atomic E-state index is 0.0486. The number of carbonyl (C=O) groups is 1. The molecule has 0 saturated carbocycles. The minimum atomic E-state index is -1.28. The van der Waals surface area contributed by atoms with Crippen molar-refractivity contribution < 1.29 is 33.6 Å². The van der Waals surface area contributed by atoms with E-state index in [1.165, 1.54) is 0 Å². The number of carboxylic acid groups (broad SMARTS) is 1. The summed E-state index contributed by atoms with van der Waals surface area (Å²) < 4.78 is 26.0. The quantitative estimate of drug-likeness (QED) is 0.345. The number of ether oxygens (including phenoxy) is 5. The van der Waals surface area contributed by atoms with Crippen molar-refractivity contribution in [2.75, 3.05) is 52.9 Å². The summed E-state index contributed by atoms with van der Waals surface area (Å²) in [5.41, 5.74) is 0. The lowest BCUT2D eigenvalue weighted by Crippen LogP contribution is -2.23. The van der Waals surface area contributed by atoms with Crippen LogP contribution in [-0.4, -0.2) is 70.2 Å². The summed E-state index contributed by atoms with van der Waals surface area (Å²) in [5, 5.41) is 8.41. The zero-order valence-electron chi connectivity index (χ0n) is 13.8. The van der Waals surface area contributed by atoms with Crippen LogP contribution in [0.15, 0.2) is 0 Å². The average Bonchev–Trinajstić information content (AvgIpc) is 2.51. The number of hydrogen-bond donors (Lipinski definition) is 1. The molecule has 0 aliphatic heterocycles. The molecule has 0 aliphatic carbocycles.